The molecule has 0 aromatic carbocycles. The number of anilines is 1. The Morgan fingerprint density at radius 2 is 2.28 bits per heavy atom. The monoisotopic (exact) mass is 255 g/mol. The van der Waals surface area contributed by atoms with Crippen molar-refractivity contribution in [2.24, 2.45) is 13.0 Å². The Morgan fingerprint density at radius 1 is 1.61 bits per heavy atom. The minimum absolute atomic E-state index is 0.0371. The van der Waals surface area contributed by atoms with Gasteiger partial charge in [-0.2, -0.15) is 0 Å². The van der Waals surface area contributed by atoms with Crippen LogP contribution in [0, 0.1) is 16.0 Å². The van der Waals surface area contributed by atoms with Crippen LogP contribution in [0.2, 0.25) is 0 Å². The number of rotatable bonds is 6. The number of aryl methyl sites for hydroxylation is 1. The summed E-state index contributed by atoms with van der Waals surface area (Å²) in [5.74, 6) is 0.240. The minimum Gasteiger partial charge on any atom is -0.354 e. The van der Waals surface area contributed by atoms with Crippen LogP contribution in [-0.4, -0.2) is 33.7 Å². The first-order valence-electron chi connectivity index (χ1n) is 5.58. The number of nitrogens with one attached hydrogen (secondary N) is 2. The van der Waals surface area contributed by atoms with E-state index in [4.69, 9.17) is 0 Å². The molecule has 8 heteroatoms. The zero-order valence-corrected chi connectivity index (χ0v) is 10.6. The summed E-state index contributed by atoms with van der Waals surface area (Å²) in [5, 5.41) is 19.9. The van der Waals surface area contributed by atoms with E-state index in [1.54, 1.807) is 7.05 Å². The lowest BCUT2D eigenvalue weighted by atomic mass is 10.2. The number of amides is 1. The lowest BCUT2D eigenvalue weighted by molar-refractivity contribution is -0.384. The van der Waals surface area contributed by atoms with Crippen LogP contribution < -0.4 is 10.6 Å². The highest BCUT2D eigenvalue weighted by Crippen LogP contribution is 2.20. The number of nitrogens with zero attached hydrogens (tertiary/aromatic N) is 3. The molecule has 2 N–H and O–H groups in total. The standard InChI is InChI=1S/C10H17N5O3/c1-7(2)4-11-9(16)5-12-10-8(15(17)18)6-14(3)13-10/h6-7H,4-5H2,1-3H3,(H,11,16)(H,12,13). The fourth-order valence-electron chi connectivity index (χ4n) is 1.28. The zero-order valence-electron chi connectivity index (χ0n) is 10.6. The summed E-state index contributed by atoms with van der Waals surface area (Å²) in [6, 6.07) is 0. The first kappa shape index (κ1) is 13.9. The van der Waals surface area contributed by atoms with Crippen molar-refractivity contribution in [3.05, 3.63) is 16.3 Å². The van der Waals surface area contributed by atoms with Crippen LogP contribution in [0.3, 0.4) is 0 Å². The Morgan fingerprint density at radius 3 is 2.83 bits per heavy atom. The van der Waals surface area contributed by atoms with E-state index >= 15 is 0 Å². The van der Waals surface area contributed by atoms with E-state index in [0.717, 1.165) is 0 Å². The largest absolute Gasteiger partial charge is 0.354 e. The molecule has 0 unspecified atom stereocenters. The molecule has 0 saturated heterocycles. The van der Waals surface area contributed by atoms with Gasteiger partial charge in [-0.15, -0.1) is 5.10 Å². The van der Waals surface area contributed by atoms with E-state index in [1.165, 1.54) is 10.9 Å². The van der Waals surface area contributed by atoms with E-state index in [0.29, 0.717) is 12.5 Å². The van der Waals surface area contributed by atoms with Gasteiger partial charge in [-0.05, 0) is 5.92 Å². The van der Waals surface area contributed by atoms with Crippen molar-refractivity contribution in [2.75, 3.05) is 18.4 Å². The second-order valence-electron chi connectivity index (χ2n) is 4.35. The van der Waals surface area contributed by atoms with Gasteiger partial charge in [-0.1, -0.05) is 13.8 Å². The highest BCUT2D eigenvalue weighted by molar-refractivity contribution is 5.81. The lowest BCUT2D eigenvalue weighted by Gasteiger charge is -2.07. The van der Waals surface area contributed by atoms with Gasteiger partial charge in [-0.3, -0.25) is 19.6 Å². The quantitative estimate of drug-likeness (QED) is 0.569. The molecule has 8 nitrogen and oxygen atoms in total. The van der Waals surface area contributed by atoms with Gasteiger partial charge in [0.05, 0.1) is 11.5 Å². The number of nitro groups is 1. The van der Waals surface area contributed by atoms with E-state index in [2.05, 4.69) is 15.7 Å². The highest BCUT2D eigenvalue weighted by Gasteiger charge is 2.18. The van der Waals surface area contributed by atoms with Crippen LogP contribution in [-0.2, 0) is 11.8 Å². The first-order valence-corrected chi connectivity index (χ1v) is 5.58. The van der Waals surface area contributed by atoms with Gasteiger partial charge >= 0.3 is 5.69 Å². The molecule has 1 aromatic heterocycles. The van der Waals surface area contributed by atoms with Gasteiger partial charge in [0.15, 0.2) is 0 Å². The van der Waals surface area contributed by atoms with Gasteiger partial charge in [0, 0.05) is 13.6 Å². The Kier molecular flexibility index (Phi) is 4.64. The number of hydrogen-bond acceptors (Lipinski definition) is 5. The predicted molar refractivity (Wildman–Crippen MR) is 66.2 cm³/mol. The van der Waals surface area contributed by atoms with Crippen molar-refractivity contribution >= 4 is 17.4 Å². The Labute approximate surface area is 105 Å². The second-order valence-corrected chi connectivity index (χ2v) is 4.35. The van der Waals surface area contributed by atoms with Crippen molar-refractivity contribution in [1.29, 1.82) is 0 Å². The molecular weight excluding hydrogens is 238 g/mol. The third kappa shape index (κ3) is 4.04. The summed E-state index contributed by atoms with van der Waals surface area (Å²) in [4.78, 5) is 21.6. The maximum Gasteiger partial charge on any atom is 0.330 e. The molecule has 0 aliphatic carbocycles. The van der Waals surface area contributed by atoms with E-state index in [-0.39, 0.29) is 24.0 Å². The smallest absolute Gasteiger partial charge is 0.330 e. The Hall–Kier alpha value is -2.12. The average molecular weight is 255 g/mol. The second kappa shape index (κ2) is 5.99. The van der Waals surface area contributed by atoms with Crippen molar-refractivity contribution in [2.45, 2.75) is 13.8 Å². The molecule has 0 atom stereocenters. The minimum atomic E-state index is -0.540. The molecule has 100 valence electrons. The molecule has 1 rings (SSSR count). The molecule has 0 radical (unpaired) electrons. The fourth-order valence-corrected chi connectivity index (χ4v) is 1.28. The van der Waals surface area contributed by atoms with Crippen molar-refractivity contribution in [3.8, 4) is 0 Å². The van der Waals surface area contributed by atoms with Crippen LogP contribution in [0.15, 0.2) is 6.20 Å². The highest BCUT2D eigenvalue weighted by atomic mass is 16.6. The molecule has 0 bridgehead atoms. The molecule has 18 heavy (non-hydrogen) atoms. The van der Waals surface area contributed by atoms with Gasteiger partial charge in [0.1, 0.15) is 6.20 Å². The van der Waals surface area contributed by atoms with Gasteiger partial charge in [0.25, 0.3) is 0 Å². The van der Waals surface area contributed by atoms with Crippen LogP contribution in [0.1, 0.15) is 13.8 Å². The third-order valence-corrected chi connectivity index (χ3v) is 2.13. The summed E-state index contributed by atoms with van der Waals surface area (Å²) in [7, 11) is 1.58. The molecule has 1 aromatic rings. The van der Waals surface area contributed by atoms with Crippen LogP contribution in [0.4, 0.5) is 11.5 Å². The molecule has 1 heterocycles. The topological polar surface area (TPSA) is 102 Å². The number of aromatic nitrogens is 2. The number of carbonyl (C=O) groups is 1. The first-order chi connectivity index (χ1) is 8.40. The van der Waals surface area contributed by atoms with Crippen molar-refractivity contribution in [3.63, 3.8) is 0 Å². The Balaban J connectivity index is 2.53. The van der Waals surface area contributed by atoms with Crippen molar-refractivity contribution in [1.82, 2.24) is 15.1 Å². The summed E-state index contributed by atoms with van der Waals surface area (Å²) < 4.78 is 1.33. The summed E-state index contributed by atoms with van der Waals surface area (Å²) in [6.45, 7) is 4.50. The van der Waals surface area contributed by atoms with E-state index in [1.807, 2.05) is 13.8 Å². The molecule has 1 amide bonds. The van der Waals surface area contributed by atoms with E-state index < -0.39 is 4.92 Å². The molecular formula is C10H17N5O3. The maximum atomic E-state index is 11.4. The van der Waals surface area contributed by atoms with Crippen molar-refractivity contribution < 1.29 is 9.72 Å². The fraction of sp³-hybridized carbons (Fsp3) is 0.600. The molecule has 0 aliphatic rings. The van der Waals surface area contributed by atoms with Crippen LogP contribution >= 0.6 is 0 Å². The average Bonchev–Trinajstić information content (AvgIpc) is 2.65. The van der Waals surface area contributed by atoms with Gasteiger partial charge < -0.3 is 10.6 Å². The maximum absolute atomic E-state index is 11.4. The van der Waals surface area contributed by atoms with Crippen LogP contribution in [0.25, 0.3) is 0 Å². The molecule has 0 aliphatic heterocycles. The SMILES string of the molecule is CC(C)CNC(=O)CNc1nn(C)cc1[N+](=O)[O-]. The summed E-state index contributed by atoms with van der Waals surface area (Å²) in [5.41, 5.74) is -0.144. The summed E-state index contributed by atoms with van der Waals surface area (Å²) in [6.07, 6.45) is 1.29. The van der Waals surface area contributed by atoms with Gasteiger partial charge in [0.2, 0.25) is 11.7 Å². The van der Waals surface area contributed by atoms with E-state index in [9.17, 15) is 14.9 Å². The zero-order chi connectivity index (χ0) is 13.7. The molecule has 0 saturated carbocycles. The van der Waals surface area contributed by atoms with Gasteiger partial charge in [-0.25, -0.2) is 0 Å². The summed E-state index contributed by atoms with van der Waals surface area (Å²) >= 11 is 0. The number of carbonyl (C=O) groups excluding carboxylic acids is 1. The Bertz CT molecular complexity index is 441. The lowest BCUT2D eigenvalue weighted by Crippen LogP contribution is -2.32. The third-order valence-electron chi connectivity index (χ3n) is 2.13. The molecule has 0 fully saturated rings. The number of hydrogen-bond donors (Lipinski definition) is 2. The van der Waals surface area contributed by atoms with Crippen LogP contribution in [0.5, 0.6) is 0 Å². The predicted octanol–water partition coefficient (Wildman–Crippen LogP) is 0.512. The molecule has 0 spiro atoms. The normalized spacial score (nSPS) is 10.4.